The second kappa shape index (κ2) is 7.04. The normalized spacial score (nSPS) is 18.0. The molecule has 0 spiro atoms. The number of ether oxygens (including phenoxy) is 1. The molecule has 0 saturated carbocycles. The Morgan fingerprint density at radius 1 is 1.38 bits per heavy atom. The SMILES string of the molecule is CCOCC1CCN(C(=O)c2cc(Br)cc(C(=O)O)c2)C1. The number of aromatic carboxylic acids is 1. The predicted molar refractivity (Wildman–Crippen MR) is 81.6 cm³/mol. The van der Waals surface area contributed by atoms with E-state index in [9.17, 15) is 9.59 Å². The van der Waals surface area contributed by atoms with Crippen molar-refractivity contribution in [1.82, 2.24) is 4.90 Å². The van der Waals surface area contributed by atoms with Gasteiger partial charge in [0.05, 0.1) is 12.2 Å². The summed E-state index contributed by atoms with van der Waals surface area (Å²) in [5.74, 6) is -0.807. The molecule has 0 aliphatic carbocycles. The van der Waals surface area contributed by atoms with Gasteiger partial charge in [-0.2, -0.15) is 0 Å². The zero-order valence-corrected chi connectivity index (χ0v) is 13.4. The Balaban J connectivity index is 2.09. The third kappa shape index (κ3) is 4.04. The number of amides is 1. The van der Waals surface area contributed by atoms with Gasteiger partial charge in [-0.3, -0.25) is 4.79 Å². The van der Waals surface area contributed by atoms with Gasteiger partial charge in [0, 0.05) is 35.7 Å². The van der Waals surface area contributed by atoms with Crippen LogP contribution in [0.25, 0.3) is 0 Å². The van der Waals surface area contributed by atoms with Gasteiger partial charge in [-0.25, -0.2) is 4.79 Å². The van der Waals surface area contributed by atoms with Gasteiger partial charge >= 0.3 is 5.97 Å². The fourth-order valence-electron chi connectivity index (χ4n) is 2.46. The summed E-state index contributed by atoms with van der Waals surface area (Å²) in [4.78, 5) is 25.3. The first-order valence-electron chi connectivity index (χ1n) is 6.92. The van der Waals surface area contributed by atoms with Crippen LogP contribution in [0.2, 0.25) is 0 Å². The minimum absolute atomic E-state index is 0.109. The molecule has 0 bridgehead atoms. The van der Waals surface area contributed by atoms with E-state index in [-0.39, 0.29) is 11.5 Å². The lowest BCUT2D eigenvalue weighted by Gasteiger charge is -2.17. The molecule has 1 aromatic rings. The number of carbonyl (C=O) groups is 2. The van der Waals surface area contributed by atoms with Crippen molar-refractivity contribution in [3.05, 3.63) is 33.8 Å². The number of likely N-dealkylation sites (tertiary alicyclic amines) is 1. The van der Waals surface area contributed by atoms with Gasteiger partial charge in [-0.15, -0.1) is 0 Å². The summed E-state index contributed by atoms with van der Waals surface area (Å²) in [6.07, 6.45) is 0.922. The number of benzene rings is 1. The molecule has 1 atom stereocenters. The van der Waals surface area contributed by atoms with Crippen LogP contribution in [-0.4, -0.2) is 48.2 Å². The van der Waals surface area contributed by atoms with Crippen LogP contribution < -0.4 is 0 Å². The number of carboxylic acids is 1. The van der Waals surface area contributed by atoms with Crippen LogP contribution in [0.5, 0.6) is 0 Å². The summed E-state index contributed by atoms with van der Waals surface area (Å²) in [7, 11) is 0. The van der Waals surface area contributed by atoms with E-state index in [1.165, 1.54) is 12.1 Å². The lowest BCUT2D eigenvalue weighted by molar-refractivity contribution is 0.0697. The zero-order valence-electron chi connectivity index (χ0n) is 11.8. The van der Waals surface area contributed by atoms with Crippen molar-refractivity contribution in [3.8, 4) is 0 Å². The highest BCUT2D eigenvalue weighted by molar-refractivity contribution is 9.10. The summed E-state index contributed by atoms with van der Waals surface area (Å²) < 4.78 is 5.99. The Kier molecular flexibility index (Phi) is 5.36. The van der Waals surface area contributed by atoms with Crippen LogP contribution in [0.4, 0.5) is 0 Å². The highest BCUT2D eigenvalue weighted by Crippen LogP contribution is 2.22. The number of hydrogen-bond donors (Lipinski definition) is 1. The Labute approximate surface area is 132 Å². The highest BCUT2D eigenvalue weighted by Gasteiger charge is 2.27. The van der Waals surface area contributed by atoms with Crippen molar-refractivity contribution in [3.63, 3.8) is 0 Å². The summed E-state index contributed by atoms with van der Waals surface area (Å²) in [6, 6.07) is 4.57. The molecular weight excluding hydrogens is 338 g/mol. The van der Waals surface area contributed by atoms with Crippen molar-refractivity contribution in [2.45, 2.75) is 13.3 Å². The number of carboxylic acid groups (broad SMARTS) is 1. The maximum atomic E-state index is 12.5. The molecule has 0 aromatic heterocycles. The summed E-state index contributed by atoms with van der Waals surface area (Å²) in [6.45, 7) is 4.64. The van der Waals surface area contributed by atoms with Gasteiger partial charge in [0.15, 0.2) is 0 Å². The summed E-state index contributed by atoms with van der Waals surface area (Å²) in [5.41, 5.74) is 0.511. The number of halogens is 1. The molecule has 21 heavy (non-hydrogen) atoms. The second-order valence-corrected chi connectivity index (χ2v) is 6.01. The first-order valence-corrected chi connectivity index (χ1v) is 7.71. The van der Waals surface area contributed by atoms with E-state index >= 15 is 0 Å². The van der Waals surface area contributed by atoms with Crippen LogP contribution in [0.15, 0.2) is 22.7 Å². The van der Waals surface area contributed by atoms with Crippen molar-refractivity contribution in [2.24, 2.45) is 5.92 Å². The lowest BCUT2D eigenvalue weighted by Crippen LogP contribution is -2.29. The molecule has 1 aliphatic rings. The second-order valence-electron chi connectivity index (χ2n) is 5.10. The molecule has 114 valence electrons. The summed E-state index contributed by atoms with van der Waals surface area (Å²) >= 11 is 3.25. The standard InChI is InChI=1S/C15H18BrNO4/c1-2-21-9-10-3-4-17(8-10)14(18)11-5-12(15(19)20)7-13(16)6-11/h5-7,10H,2-4,8-9H2,1H3,(H,19,20). The lowest BCUT2D eigenvalue weighted by atomic mass is 10.1. The number of carbonyl (C=O) groups excluding carboxylic acids is 1. The van der Waals surface area contributed by atoms with Gasteiger partial charge in [0.1, 0.15) is 0 Å². The third-order valence-corrected chi connectivity index (χ3v) is 3.98. The van der Waals surface area contributed by atoms with Crippen LogP contribution in [-0.2, 0) is 4.74 Å². The number of hydrogen-bond acceptors (Lipinski definition) is 3. The minimum Gasteiger partial charge on any atom is -0.478 e. The van der Waals surface area contributed by atoms with E-state index in [1.54, 1.807) is 11.0 Å². The molecule has 1 amide bonds. The quantitative estimate of drug-likeness (QED) is 0.881. The third-order valence-electron chi connectivity index (χ3n) is 3.52. The van der Waals surface area contributed by atoms with Crippen molar-refractivity contribution >= 4 is 27.8 Å². The predicted octanol–water partition coefficient (Wildman–Crippen LogP) is 2.65. The van der Waals surface area contributed by atoms with Crippen molar-refractivity contribution in [1.29, 1.82) is 0 Å². The van der Waals surface area contributed by atoms with E-state index < -0.39 is 5.97 Å². The number of nitrogens with zero attached hydrogens (tertiary/aromatic N) is 1. The van der Waals surface area contributed by atoms with E-state index in [0.717, 1.165) is 6.42 Å². The average molecular weight is 356 g/mol. The largest absolute Gasteiger partial charge is 0.478 e. The molecule has 1 fully saturated rings. The molecule has 0 radical (unpaired) electrons. The van der Waals surface area contributed by atoms with E-state index in [2.05, 4.69) is 15.9 Å². The summed E-state index contributed by atoms with van der Waals surface area (Å²) in [5, 5.41) is 9.06. The average Bonchev–Trinajstić information content (AvgIpc) is 2.92. The van der Waals surface area contributed by atoms with Crippen LogP contribution in [0.1, 0.15) is 34.1 Å². The fourth-order valence-corrected chi connectivity index (χ4v) is 2.95. The van der Waals surface area contributed by atoms with Crippen LogP contribution in [0.3, 0.4) is 0 Å². The Hall–Kier alpha value is -1.40. The Morgan fingerprint density at radius 2 is 2.10 bits per heavy atom. The van der Waals surface area contributed by atoms with E-state index in [4.69, 9.17) is 9.84 Å². The van der Waals surface area contributed by atoms with Gasteiger partial charge in [0.2, 0.25) is 0 Å². The topological polar surface area (TPSA) is 66.8 Å². The van der Waals surface area contributed by atoms with Gasteiger partial charge in [-0.05, 0) is 31.5 Å². The van der Waals surface area contributed by atoms with Crippen LogP contribution in [0, 0.1) is 5.92 Å². The van der Waals surface area contributed by atoms with Crippen molar-refractivity contribution < 1.29 is 19.4 Å². The molecule has 1 unspecified atom stereocenters. The maximum absolute atomic E-state index is 12.5. The first kappa shape index (κ1) is 16.0. The monoisotopic (exact) mass is 355 g/mol. The molecular formula is C15H18BrNO4. The molecule has 5 nitrogen and oxygen atoms in total. The molecule has 6 heteroatoms. The molecule has 2 rings (SSSR count). The molecule has 1 aromatic carbocycles. The smallest absolute Gasteiger partial charge is 0.335 e. The Bertz CT molecular complexity index is 546. The van der Waals surface area contributed by atoms with Gasteiger partial charge in [-0.1, -0.05) is 15.9 Å². The van der Waals surface area contributed by atoms with E-state index in [1.807, 2.05) is 6.92 Å². The van der Waals surface area contributed by atoms with Gasteiger partial charge in [0.25, 0.3) is 5.91 Å². The zero-order chi connectivity index (χ0) is 15.4. The molecule has 1 saturated heterocycles. The molecule has 1 N–H and O–H groups in total. The first-order chi connectivity index (χ1) is 10.0. The fraction of sp³-hybridized carbons (Fsp3) is 0.467. The van der Waals surface area contributed by atoms with Gasteiger partial charge < -0.3 is 14.7 Å². The highest BCUT2D eigenvalue weighted by atomic mass is 79.9. The van der Waals surface area contributed by atoms with E-state index in [0.29, 0.717) is 42.3 Å². The molecule has 1 aliphatic heterocycles. The minimum atomic E-state index is -1.04. The van der Waals surface area contributed by atoms with Crippen molar-refractivity contribution in [2.75, 3.05) is 26.3 Å². The maximum Gasteiger partial charge on any atom is 0.335 e. The van der Waals surface area contributed by atoms with Crippen LogP contribution >= 0.6 is 15.9 Å². The Morgan fingerprint density at radius 3 is 2.76 bits per heavy atom. The molecule has 1 heterocycles. The number of rotatable bonds is 5.